The molecule has 0 radical (unpaired) electrons. The maximum Gasteiger partial charge on any atom is -0.0295 e. The fourth-order valence-electron chi connectivity index (χ4n) is 7.78. The van der Waals surface area contributed by atoms with Crippen molar-refractivity contribution < 1.29 is 0 Å². The molecule has 0 aromatic carbocycles. The Morgan fingerprint density at radius 1 is 0.917 bits per heavy atom. The summed E-state index contributed by atoms with van der Waals surface area (Å²) in [6.45, 7) is 27.3. The SMILES string of the molecule is C.C.C.C=CCC1C(C(C)(CCC)CCC)CCC2(C)CCCC12.CC.CCCCC(CC)C(C)C. The molecule has 0 aromatic heterocycles. The van der Waals surface area contributed by atoms with Gasteiger partial charge in [0.1, 0.15) is 0 Å². The highest BCUT2D eigenvalue weighted by molar-refractivity contribution is 5.03. The topological polar surface area (TPSA) is 0 Å². The van der Waals surface area contributed by atoms with Crippen LogP contribution in [0.1, 0.15) is 181 Å². The van der Waals surface area contributed by atoms with E-state index in [1.54, 1.807) is 0 Å². The summed E-state index contributed by atoms with van der Waals surface area (Å²) in [6.07, 6.45) is 22.0. The van der Waals surface area contributed by atoms with E-state index in [1.807, 2.05) is 13.8 Å². The summed E-state index contributed by atoms with van der Waals surface area (Å²) in [5.41, 5.74) is 1.23. The lowest BCUT2D eigenvalue weighted by molar-refractivity contribution is -0.0293. The Kier molecular flexibility index (Phi) is 27.0. The molecule has 2 rings (SSSR count). The first-order chi connectivity index (χ1) is 15.7. The fraction of sp³-hybridized carbons (Fsp3) is 0.944. The van der Waals surface area contributed by atoms with Gasteiger partial charge in [-0.15, -0.1) is 6.58 Å². The average Bonchev–Trinajstić information content (AvgIpc) is 3.18. The highest BCUT2D eigenvalue weighted by Gasteiger charge is 2.51. The van der Waals surface area contributed by atoms with Gasteiger partial charge in [0, 0.05) is 0 Å². The van der Waals surface area contributed by atoms with Gasteiger partial charge in [-0.3, -0.25) is 0 Å². The summed E-state index contributed by atoms with van der Waals surface area (Å²) < 4.78 is 0. The van der Waals surface area contributed by atoms with Crippen molar-refractivity contribution in [2.24, 2.45) is 40.4 Å². The van der Waals surface area contributed by atoms with Gasteiger partial charge in [0.05, 0.1) is 0 Å². The molecule has 0 amide bonds. The normalized spacial score (nSPS) is 25.4. The van der Waals surface area contributed by atoms with E-state index in [0.717, 1.165) is 29.6 Å². The van der Waals surface area contributed by atoms with Crippen LogP contribution in [0.4, 0.5) is 0 Å². The molecule has 2 fully saturated rings. The molecular formula is C36H78. The molecule has 222 valence electrons. The van der Waals surface area contributed by atoms with Crippen LogP contribution in [0.25, 0.3) is 0 Å². The van der Waals surface area contributed by atoms with Crippen molar-refractivity contribution in [2.45, 2.75) is 181 Å². The zero-order valence-corrected chi connectivity index (χ0v) is 25.1. The van der Waals surface area contributed by atoms with E-state index in [0.29, 0.717) is 10.8 Å². The van der Waals surface area contributed by atoms with Gasteiger partial charge >= 0.3 is 0 Å². The first-order valence-corrected chi connectivity index (χ1v) is 15.3. The number of hydrogen-bond acceptors (Lipinski definition) is 0. The van der Waals surface area contributed by atoms with E-state index in [4.69, 9.17) is 0 Å². The lowest BCUT2D eigenvalue weighted by Gasteiger charge is -2.53. The molecule has 2 aliphatic carbocycles. The Balaban J connectivity index is -0.000000295. The van der Waals surface area contributed by atoms with Crippen molar-refractivity contribution in [3.05, 3.63) is 12.7 Å². The number of fused-ring (bicyclic) bond motifs is 1. The van der Waals surface area contributed by atoms with Crippen LogP contribution in [-0.4, -0.2) is 0 Å². The first-order valence-electron chi connectivity index (χ1n) is 15.3. The van der Waals surface area contributed by atoms with E-state index in [-0.39, 0.29) is 22.3 Å². The fourth-order valence-corrected chi connectivity index (χ4v) is 7.78. The molecule has 0 saturated heterocycles. The van der Waals surface area contributed by atoms with Gasteiger partial charge in [0.25, 0.3) is 0 Å². The molecule has 0 nitrogen and oxygen atoms in total. The summed E-state index contributed by atoms with van der Waals surface area (Å²) in [6, 6.07) is 0. The summed E-state index contributed by atoms with van der Waals surface area (Å²) >= 11 is 0. The Morgan fingerprint density at radius 2 is 1.47 bits per heavy atom. The van der Waals surface area contributed by atoms with Crippen molar-refractivity contribution in [2.75, 3.05) is 0 Å². The largest absolute Gasteiger partial charge is 0.103 e. The van der Waals surface area contributed by atoms with Crippen molar-refractivity contribution in [3.8, 4) is 0 Å². The van der Waals surface area contributed by atoms with Crippen molar-refractivity contribution >= 4 is 0 Å². The maximum atomic E-state index is 4.10. The van der Waals surface area contributed by atoms with Crippen LogP contribution >= 0.6 is 0 Å². The number of rotatable bonds is 12. The van der Waals surface area contributed by atoms with Crippen molar-refractivity contribution in [1.29, 1.82) is 0 Å². The molecular weight excluding hydrogens is 432 g/mol. The molecule has 5 atom stereocenters. The molecule has 0 bridgehead atoms. The highest BCUT2D eigenvalue weighted by Crippen LogP contribution is 2.61. The van der Waals surface area contributed by atoms with E-state index in [9.17, 15) is 0 Å². The van der Waals surface area contributed by atoms with Gasteiger partial charge in [-0.05, 0) is 85.4 Å². The van der Waals surface area contributed by atoms with Gasteiger partial charge in [-0.2, -0.15) is 0 Å². The van der Waals surface area contributed by atoms with E-state index in [2.05, 4.69) is 68.0 Å². The molecule has 0 aromatic rings. The molecule has 36 heavy (non-hydrogen) atoms. The van der Waals surface area contributed by atoms with Crippen LogP contribution in [0, 0.1) is 40.4 Å². The Labute approximate surface area is 234 Å². The Bertz CT molecular complexity index is 468. The van der Waals surface area contributed by atoms with Crippen LogP contribution in [0.5, 0.6) is 0 Å². The standard InChI is InChI=1S/C21H38.C10H22.C2H6.3CH4/c1-6-10-17-18-11-9-15-21(18,5)16-12-19(17)20(4,13-7-2)14-8-3;1-5-7-8-10(6-2)9(3)4;1-2;;;/h6,17-19H,1,7-16H2,2-5H3;9-10H,5-8H2,1-4H3;1-2H3;3*1H4. The van der Waals surface area contributed by atoms with Crippen LogP contribution in [-0.2, 0) is 0 Å². The molecule has 0 heterocycles. The van der Waals surface area contributed by atoms with Gasteiger partial charge in [-0.1, -0.05) is 143 Å². The second-order valence-electron chi connectivity index (χ2n) is 12.2. The Hall–Kier alpha value is -0.260. The predicted octanol–water partition coefficient (Wildman–Crippen LogP) is 13.8. The Morgan fingerprint density at radius 3 is 1.89 bits per heavy atom. The van der Waals surface area contributed by atoms with Crippen LogP contribution in [0.15, 0.2) is 12.7 Å². The van der Waals surface area contributed by atoms with Crippen LogP contribution < -0.4 is 0 Å². The quantitative estimate of drug-likeness (QED) is 0.229. The molecule has 2 saturated carbocycles. The van der Waals surface area contributed by atoms with E-state index < -0.39 is 0 Å². The smallest absolute Gasteiger partial charge is 0.0295 e. The third kappa shape index (κ3) is 12.5. The summed E-state index contributed by atoms with van der Waals surface area (Å²) in [5.74, 6) is 4.68. The average molecular weight is 511 g/mol. The highest BCUT2D eigenvalue weighted by atomic mass is 14.6. The molecule has 0 N–H and O–H groups in total. The summed E-state index contributed by atoms with van der Waals surface area (Å²) in [7, 11) is 0. The third-order valence-corrected chi connectivity index (χ3v) is 9.59. The number of allylic oxidation sites excluding steroid dienone is 1. The van der Waals surface area contributed by atoms with E-state index >= 15 is 0 Å². The zero-order valence-electron chi connectivity index (χ0n) is 25.1. The van der Waals surface area contributed by atoms with Crippen LogP contribution in [0.2, 0.25) is 0 Å². The van der Waals surface area contributed by atoms with Crippen molar-refractivity contribution in [3.63, 3.8) is 0 Å². The lowest BCUT2D eigenvalue weighted by atomic mass is 9.52. The summed E-state index contributed by atoms with van der Waals surface area (Å²) in [5, 5.41) is 0. The first kappa shape index (κ1) is 42.8. The maximum absolute atomic E-state index is 4.10. The molecule has 5 unspecified atom stereocenters. The minimum Gasteiger partial charge on any atom is -0.103 e. The lowest BCUT2D eigenvalue weighted by Crippen LogP contribution is -2.44. The third-order valence-electron chi connectivity index (χ3n) is 9.59. The predicted molar refractivity (Wildman–Crippen MR) is 174 cm³/mol. The van der Waals surface area contributed by atoms with E-state index in [1.165, 1.54) is 89.9 Å². The molecule has 0 heteroatoms. The zero-order chi connectivity index (χ0) is 25.5. The van der Waals surface area contributed by atoms with Gasteiger partial charge < -0.3 is 0 Å². The monoisotopic (exact) mass is 511 g/mol. The molecule has 2 aliphatic rings. The van der Waals surface area contributed by atoms with Crippen molar-refractivity contribution in [1.82, 2.24) is 0 Å². The minimum atomic E-state index is 0. The van der Waals surface area contributed by atoms with Gasteiger partial charge in [0.2, 0.25) is 0 Å². The summed E-state index contributed by atoms with van der Waals surface area (Å²) in [4.78, 5) is 0. The number of unbranched alkanes of at least 4 members (excludes halogenated alkanes) is 1. The van der Waals surface area contributed by atoms with Gasteiger partial charge in [0.15, 0.2) is 0 Å². The second-order valence-corrected chi connectivity index (χ2v) is 12.2. The second kappa shape index (κ2) is 22.7. The number of hydrogen-bond donors (Lipinski definition) is 0. The van der Waals surface area contributed by atoms with Gasteiger partial charge in [-0.25, -0.2) is 0 Å². The van der Waals surface area contributed by atoms with Crippen LogP contribution in [0.3, 0.4) is 0 Å². The molecule has 0 spiro atoms. The molecule has 0 aliphatic heterocycles. The minimum absolute atomic E-state index is 0.